The molecule has 0 aliphatic carbocycles. The van der Waals surface area contributed by atoms with Crippen LogP contribution in [-0.4, -0.2) is 37.5 Å². The molecule has 0 aliphatic heterocycles. The minimum Gasteiger partial charge on any atom is -0.254 e. The maximum Gasteiger partial charge on any atom is 0.0964 e. The van der Waals surface area contributed by atoms with Crippen LogP contribution < -0.4 is 0 Å². The summed E-state index contributed by atoms with van der Waals surface area (Å²) >= 11 is 1.06. The number of pyridine rings is 4. The van der Waals surface area contributed by atoms with E-state index in [9.17, 15) is 0 Å². The number of hydrogen-bond acceptors (Lipinski definition) is 9. The first-order valence-corrected chi connectivity index (χ1v) is 11.8. The van der Waals surface area contributed by atoms with Gasteiger partial charge in [0, 0.05) is 56.7 Å². The van der Waals surface area contributed by atoms with Gasteiger partial charge in [-0.25, -0.2) is 0 Å². The third-order valence-corrected chi connectivity index (χ3v) is 4.69. The molecule has 0 saturated carbocycles. The second-order valence-electron chi connectivity index (χ2n) is 6.84. The van der Waals surface area contributed by atoms with Crippen molar-refractivity contribution >= 4 is 54.0 Å². The molecule has 0 radical (unpaired) electrons. The SMILES string of the molecule is O=S(=O)([O-])[O-].[O]=[V+2].c1cnc2c(c1)ccc1cccnc12.c1cnc2c(c1)ccc1cccnc12. The maximum atomic E-state index is 8.52. The summed E-state index contributed by atoms with van der Waals surface area (Å²) in [6.45, 7) is 0. The Morgan fingerprint density at radius 3 is 0.886 bits per heavy atom. The average molecular weight is 523 g/mol. The minimum atomic E-state index is -5.17. The quantitative estimate of drug-likeness (QED) is 0.163. The number of nitrogens with zero attached hydrogens (tertiary/aromatic N) is 4. The van der Waals surface area contributed by atoms with Gasteiger partial charge in [-0.2, -0.15) is 0 Å². The van der Waals surface area contributed by atoms with Crippen LogP contribution in [0, 0.1) is 0 Å². The van der Waals surface area contributed by atoms with Crippen LogP contribution in [0.4, 0.5) is 0 Å². The fraction of sp³-hybridized carbons (Fsp3) is 0. The standard InChI is InChI=1S/2C12H8N2.H2O4S.O.V/c2*1-3-9-5-6-10-4-2-8-14-12(10)11(9)13-7-1;1-5(2,3)4;;/h2*1-8H;(H2,1,2,3,4);;/q;;;;+2/p-2. The van der Waals surface area contributed by atoms with Crippen molar-refractivity contribution < 1.29 is 38.6 Å². The first-order valence-electron chi connectivity index (χ1n) is 9.92. The Kier molecular flexibility index (Phi) is 9.01. The molecule has 0 fully saturated rings. The van der Waals surface area contributed by atoms with Gasteiger partial charge in [0.25, 0.3) is 0 Å². The molecule has 0 saturated heterocycles. The maximum absolute atomic E-state index is 8.52. The van der Waals surface area contributed by atoms with Crippen LogP contribution in [-0.2, 0) is 31.4 Å². The molecule has 0 atom stereocenters. The number of rotatable bonds is 0. The normalized spacial score (nSPS) is 10.5. The molecule has 6 aromatic rings. The molecule has 2 aromatic carbocycles. The third kappa shape index (κ3) is 7.16. The molecule has 35 heavy (non-hydrogen) atoms. The molecule has 9 nitrogen and oxygen atoms in total. The summed E-state index contributed by atoms with van der Waals surface area (Å²) in [7, 11) is -5.17. The smallest absolute Gasteiger partial charge is 0.0964 e. The Balaban J connectivity index is 0.000000156. The Hall–Kier alpha value is -3.67. The molecule has 4 heterocycles. The monoisotopic (exact) mass is 523 g/mol. The van der Waals surface area contributed by atoms with Crippen LogP contribution in [0.1, 0.15) is 0 Å². The van der Waals surface area contributed by atoms with Gasteiger partial charge >= 0.3 is 21.0 Å². The summed E-state index contributed by atoms with van der Waals surface area (Å²) in [6, 6.07) is 24.3. The molecule has 0 N–H and O–H groups in total. The van der Waals surface area contributed by atoms with Crippen molar-refractivity contribution in [3.63, 3.8) is 0 Å². The van der Waals surface area contributed by atoms with E-state index < -0.39 is 10.4 Å². The Morgan fingerprint density at radius 1 is 0.486 bits per heavy atom. The number of benzene rings is 2. The van der Waals surface area contributed by atoms with E-state index in [1.54, 1.807) is 24.8 Å². The van der Waals surface area contributed by atoms with E-state index >= 15 is 0 Å². The van der Waals surface area contributed by atoms with Crippen LogP contribution in [0.2, 0.25) is 0 Å². The van der Waals surface area contributed by atoms with Crippen molar-refractivity contribution in [3.8, 4) is 0 Å². The molecule has 4 aromatic heterocycles. The summed E-state index contributed by atoms with van der Waals surface area (Å²) in [5, 5.41) is 4.55. The van der Waals surface area contributed by atoms with Crippen LogP contribution in [0.25, 0.3) is 43.6 Å². The topological polar surface area (TPSA) is 149 Å². The predicted octanol–water partition coefficient (Wildman–Crippen LogP) is 4.11. The Morgan fingerprint density at radius 2 is 0.686 bits per heavy atom. The second-order valence-corrected chi connectivity index (χ2v) is 7.66. The van der Waals surface area contributed by atoms with Gasteiger partial charge in [-0.3, -0.25) is 28.4 Å². The van der Waals surface area contributed by atoms with Gasteiger partial charge in [0.05, 0.1) is 22.1 Å². The number of aromatic nitrogens is 4. The van der Waals surface area contributed by atoms with E-state index in [-0.39, 0.29) is 0 Å². The first kappa shape index (κ1) is 25.9. The predicted molar refractivity (Wildman–Crippen MR) is 125 cm³/mol. The first-order chi connectivity index (χ1) is 16.9. The largest absolute Gasteiger partial charge is 0.254 e. The summed E-state index contributed by atoms with van der Waals surface area (Å²) in [5.41, 5.74) is 3.91. The zero-order valence-electron chi connectivity index (χ0n) is 17.9. The molecule has 0 spiro atoms. The molecular formula is C24H16N4O5SV. The van der Waals surface area contributed by atoms with Gasteiger partial charge in [-0.1, -0.05) is 48.5 Å². The number of fused-ring (bicyclic) bond motifs is 6. The van der Waals surface area contributed by atoms with Gasteiger partial charge in [0.1, 0.15) is 0 Å². The summed E-state index contributed by atoms with van der Waals surface area (Å²) in [6.07, 6.45) is 7.21. The van der Waals surface area contributed by atoms with E-state index in [4.69, 9.17) is 21.2 Å². The summed E-state index contributed by atoms with van der Waals surface area (Å²) in [4.78, 5) is 17.4. The van der Waals surface area contributed by atoms with Crippen LogP contribution >= 0.6 is 0 Å². The average Bonchev–Trinajstić information content (AvgIpc) is 2.89. The summed E-state index contributed by atoms with van der Waals surface area (Å²) < 4.78 is 42.3. The van der Waals surface area contributed by atoms with Gasteiger partial charge in [0.15, 0.2) is 0 Å². The molecule has 6 rings (SSSR count). The molecule has 11 heteroatoms. The van der Waals surface area contributed by atoms with Crippen LogP contribution in [0.15, 0.2) is 97.6 Å². The van der Waals surface area contributed by atoms with Crippen molar-refractivity contribution in [2.45, 2.75) is 0 Å². The van der Waals surface area contributed by atoms with E-state index in [0.717, 1.165) is 61.0 Å². The molecule has 0 bridgehead atoms. The molecule has 173 valence electrons. The molecular weight excluding hydrogens is 507 g/mol. The van der Waals surface area contributed by atoms with E-state index in [2.05, 4.69) is 68.5 Å². The van der Waals surface area contributed by atoms with Crippen molar-refractivity contribution in [1.29, 1.82) is 0 Å². The van der Waals surface area contributed by atoms with E-state index in [1.165, 1.54) is 0 Å². The van der Waals surface area contributed by atoms with Crippen molar-refractivity contribution in [2.24, 2.45) is 0 Å². The van der Waals surface area contributed by atoms with Crippen molar-refractivity contribution in [2.75, 3.05) is 0 Å². The van der Waals surface area contributed by atoms with Gasteiger partial charge in [-0.15, -0.1) is 0 Å². The Bertz CT molecular complexity index is 1470. The van der Waals surface area contributed by atoms with Gasteiger partial charge < -0.3 is 9.11 Å². The molecule has 0 amide bonds. The minimum absolute atomic E-state index is 0.977. The molecule has 0 unspecified atom stereocenters. The van der Waals surface area contributed by atoms with Crippen molar-refractivity contribution in [1.82, 2.24) is 19.9 Å². The Labute approximate surface area is 209 Å². The van der Waals surface area contributed by atoms with Crippen LogP contribution in [0.3, 0.4) is 0 Å². The van der Waals surface area contributed by atoms with E-state index in [1.807, 2.05) is 24.3 Å². The summed E-state index contributed by atoms with van der Waals surface area (Å²) in [5.74, 6) is 0. The van der Waals surface area contributed by atoms with Gasteiger partial charge in [-0.05, 0) is 24.3 Å². The van der Waals surface area contributed by atoms with Crippen molar-refractivity contribution in [3.05, 3.63) is 97.6 Å². The van der Waals surface area contributed by atoms with Gasteiger partial charge in [0.2, 0.25) is 0 Å². The fourth-order valence-corrected chi connectivity index (χ4v) is 3.36. The zero-order valence-corrected chi connectivity index (χ0v) is 20.1. The zero-order chi connectivity index (χ0) is 25.3. The third-order valence-electron chi connectivity index (χ3n) is 4.69. The van der Waals surface area contributed by atoms with Crippen LogP contribution in [0.5, 0.6) is 0 Å². The fourth-order valence-electron chi connectivity index (χ4n) is 3.36. The number of hydrogen-bond donors (Lipinski definition) is 0. The van der Waals surface area contributed by atoms with E-state index in [0.29, 0.717) is 0 Å². The second kappa shape index (κ2) is 12.2. The molecule has 0 aliphatic rings.